The van der Waals surface area contributed by atoms with Gasteiger partial charge in [-0.2, -0.15) is 0 Å². The number of aliphatic hydroxyl groups excluding tert-OH is 1. The normalized spacial score (nSPS) is 24.8. The summed E-state index contributed by atoms with van der Waals surface area (Å²) in [5, 5.41) is 9.71. The van der Waals surface area contributed by atoms with Gasteiger partial charge < -0.3 is 10.0 Å². The van der Waals surface area contributed by atoms with Crippen LogP contribution in [0.4, 0.5) is 0 Å². The second-order valence-electron chi connectivity index (χ2n) is 3.87. The average molecular weight is 185 g/mol. The van der Waals surface area contributed by atoms with Gasteiger partial charge in [0.05, 0.1) is 6.10 Å². The molecule has 0 spiro atoms. The van der Waals surface area contributed by atoms with Crippen LogP contribution in [-0.2, 0) is 4.79 Å². The highest BCUT2D eigenvalue weighted by atomic mass is 16.3. The van der Waals surface area contributed by atoms with E-state index in [-0.39, 0.29) is 12.0 Å². The van der Waals surface area contributed by atoms with E-state index < -0.39 is 0 Å². The predicted molar refractivity (Wildman–Crippen MR) is 51.3 cm³/mol. The first-order valence-corrected chi connectivity index (χ1v) is 5.08. The maximum absolute atomic E-state index is 11.0. The fraction of sp³-hybridized carbons (Fsp3) is 0.900. The molecule has 1 rings (SSSR count). The quantitative estimate of drug-likeness (QED) is 0.713. The SMILES string of the molecule is CCCC(O)C1CCN(C(C)=O)C1. The molecule has 1 heterocycles. The van der Waals surface area contributed by atoms with Crippen LogP contribution in [0.15, 0.2) is 0 Å². The molecular formula is C10H19NO2. The zero-order chi connectivity index (χ0) is 9.84. The van der Waals surface area contributed by atoms with Crippen molar-refractivity contribution >= 4 is 5.91 Å². The molecule has 76 valence electrons. The molecule has 0 aromatic carbocycles. The van der Waals surface area contributed by atoms with Crippen molar-refractivity contribution in [2.75, 3.05) is 13.1 Å². The molecule has 2 atom stereocenters. The van der Waals surface area contributed by atoms with Crippen LogP contribution >= 0.6 is 0 Å². The molecule has 1 saturated heterocycles. The molecule has 1 aliphatic heterocycles. The summed E-state index contributed by atoms with van der Waals surface area (Å²) >= 11 is 0. The maximum atomic E-state index is 11.0. The van der Waals surface area contributed by atoms with Gasteiger partial charge in [0.25, 0.3) is 0 Å². The number of carbonyl (C=O) groups excluding carboxylic acids is 1. The Morgan fingerprint density at radius 3 is 2.85 bits per heavy atom. The molecule has 2 unspecified atom stereocenters. The molecule has 0 bridgehead atoms. The number of likely N-dealkylation sites (tertiary alicyclic amines) is 1. The van der Waals surface area contributed by atoms with Crippen molar-refractivity contribution in [3.8, 4) is 0 Å². The monoisotopic (exact) mass is 185 g/mol. The predicted octanol–water partition coefficient (Wildman–Crippen LogP) is 1.02. The van der Waals surface area contributed by atoms with Crippen LogP contribution in [0.2, 0.25) is 0 Å². The minimum atomic E-state index is -0.214. The Labute approximate surface area is 79.7 Å². The van der Waals surface area contributed by atoms with Gasteiger partial charge in [0.15, 0.2) is 0 Å². The highest BCUT2D eigenvalue weighted by Gasteiger charge is 2.28. The fourth-order valence-corrected chi connectivity index (χ4v) is 1.92. The lowest BCUT2D eigenvalue weighted by Gasteiger charge is -2.18. The summed E-state index contributed by atoms with van der Waals surface area (Å²) in [6, 6.07) is 0. The highest BCUT2D eigenvalue weighted by Crippen LogP contribution is 2.22. The largest absolute Gasteiger partial charge is 0.393 e. The van der Waals surface area contributed by atoms with Crippen molar-refractivity contribution in [2.24, 2.45) is 5.92 Å². The van der Waals surface area contributed by atoms with Crippen LogP contribution < -0.4 is 0 Å². The number of amides is 1. The Morgan fingerprint density at radius 1 is 1.69 bits per heavy atom. The average Bonchev–Trinajstić information content (AvgIpc) is 2.52. The summed E-state index contributed by atoms with van der Waals surface area (Å²) < 4.78 is 0. The van der Waals surface area contributed by atoms with Crippen LogP contribution in [0.1, 0.15) is 33.1 Å². The molecule has 0 aromatic heterocycles. The van der Waals surface area contributed by atoms with Gasteiger partial charge in [-0.05, 0) is 12.8 Å². The Balaban J connectivity index is 2.35. The first-order valence-electron chi connectivity index (χ1n) is 5.08. The second kappa shape index (κ2) is 4.61. The van der Waals surface area contributed by atoms with E-state index in [4.69, 9.17) is 0 Å². The zero-order valence-corrected chi connectivity index (χ0v) is 8.49. The van der Waals surface area contributed by atoms with Crippen LogP contribution in [0, 0.1) is 5.92 Å². The van der Waals surface area contributed by atoms with Gasteiger partial charge in [-0.3, -0.25) is 4.79 Å². The summed E-state index contributed by atoms with van der Waals surface area (Å²) in [7, 11) is 0. The van der Waals surface area contributed by atoms with Gasteiger partial charge in [0, 0.05) is 25.9 Å². The van der Waals surface area contributed by atoms with E-state index in [1.807, 2.05) is 4.90 Å². The fourth-order valence-electron chi connectivity index (χ4n) is 1.92. The molecule has 13 heavy (non-hydrogen) atoms. The summed E-state index contributed by atoms with van der Waals surface area (Å²) in [5.74, 6) is 0.440. The Morgan fingerprint density at radius 2 is 2.38 bits per heavy atom. The van der Waals surface area contributed by atoms with E-state index in [0.717, 1.165) is 32.4 Å². The number of nitrogens with zero attached hydrogens (tertiary/aromatic N) is 1. The Bertz CT molecular complexity index is 182. The standard InChI is InChI=1S/C10H19NO2/c1-3-4-10(13)9-5-6-11(7-9)8(2)12/h9-10,13H,3-7H2,1-2H3. The van der Waals surface area contributed by atoms with E-state index in [9.17, 15) is 9.90 Å². The number of hydrogen-bond acceptors (Lipinski definition) is 2. The second-order valence-corrected chi connectivity index (χ2v) is 3.87. The van der Waals surface area contributed by atoms with E-state index in [2.05, 4.69) is 6.92 Å². The van der Waals surface area contributed by atoms with E-state index >= 15 is 0 Å². The van der Waals surface area contributed by atoms with Crippen molar-refractivity contribution in [3.05, 3.63) is 0 Å². The molecule has 3 nitrogen and oxygen atoms in total. The summed E-state index contributed by atoms with van der Waals surface area (Å²) in [6.07, 6.45) is 2.61. The zero-order valence-electron chi connectivity index (χ0n) is 8.49. The van der Waals surface area contributed by atoms with Crippen molar-refractivity contribution in [3.63, 3.8) is 0 Å². The summed E-state index contributed by atoms with van der Waals surface area (Å²) in [6.45, 7) is 5.23. The van der Waals surface area contributed by atoms with Gasteiger partial charge in [0.1, 0.15) is 0 Å². The molecular weight excluding hydrogens is 166 g/mol. The molecule has 0 aliphatic carbocycles. The number of aliphatic hydroxyl groups is 1. The molecule has 1 N–H and O–H groups in total. The molecule has 0 radical (unpaired) electrons. The minimum absolute atomic E-state index is 0.131. The van der Waals surface area contributed by atoms with Crippen molar-refractivity contribution < 1.29 is 9.90 Å². The molecule has 0 saturated carbocycles. The first-order chi connectivity index (χ1) is 6.15. The summed E-state index contributed by atoms with van der Waals surface area (Å²) in [5.41, 5.74) is 0. The molecule has 1 aliphatic rings. The third-order valence-corrected chi connectivity index (χ3v) is 2.80. The van der Waals surface area contributed by atoms with E-state index in [1.54, 1.807) is 6.92 Å². The first kappa shape index (κ1) is 10.5. The summed E-state index contributed by atoms with van der Waals surface area (Å²) in [4.78, 5) is 12.8. The van der Waals surface area contributed by atoms with Gasteiger partial charge in [-0.25, -0.2) is 0 Å². The lowest BCUT2D eigenvalue weighted by atomic mass is 9.98. The van der Waals surface area contributed by atoms with Crippen LogP contribution in [0.3, 0.4) is 0 Å². The molecule has 1 amide bonds. The van der Waals surface area contributed by atoms with E-state index in [0.29, 0.717) is 5.92 Å². The van der Waals surface area contributed by atoms with Gasteiger partial charge in [-0.1, -0.05) is 13.3 Å². The highest BCUT2D eigenvalue weighted by molar-refractivity contribution is 5.73. The third-order valence-electron chi connectivity index (χ3n) is 2.80. The van der Waals surface area contributed by atoms with Crippen LogP contribution in [0.25, 0.3) is 0 Å². The molecule has 0 aromatic rings. The Kier molecular flexibility index (Phi) is 3.72. The topological polar surface area (TPSA) is 40.5 Å². The lowest BCUT2D eigenvalue weighted by Crippen LogP contribution is -2.29. The number of hydrogen-bond donors (Lipinski definition) is 1. The van der Waals surface area contributed by atoms with Gasteiger partial charge in [0.2, 0.25) is 5.91 Å². The van der Waals surface area contributed by atoms with Gasteiger partial charge >= 0.3 is 0 Å². The molecule has 3 heteroatoms. The van der Waals surface area contributed by atoms with Crippen molar-refractivity contribution in [1.29, 1.82) is 0 Å². The van der Waals surface area contributed by atoms with E-state index in [1.165, 1.54) is 0 Å². The van der Waals surface area contributed by atoms with Crippen molar-refractivity contribution in [1.82, 2.24) is 4.90 Å². The molecule has 1 fully saturated rings. The van der Waals surface area contributed by atoms with Crippen LogP contribution in [-0.4, -0.2) is 35.1 Å². The maximum Gasteiger partial charge on any atom is 0.219 e. The van der Waals surface area contributed by atoms with Crippen molar-refractivity contribution in [2.45, 2.75) is 39.2 Å². The number of rotatable bonds is 3. The third kappa shape index (κ3) is 2.69. The smallest absolute Gasteiger partial charge is 0.219 e. The van der Waals surface area contributed by atoms with Gasteiger partial charge in [-0.15, -0.1) is 0 Å². The minimum Gasteiger partial charge on any atom is -0.393 e. The van der Waals surface area contributed by atoms with Crippen LogP contribution in [0.5, 0.6) is 0 Å². The Hall–Kier alpha value is -0.570. The lowest BCUT2D eigenvalue weighted by molar-refractivity contribution is -0.128. The number of carbonyl (C=O) groups is 1.